The lowest BCUT2D eigenvalue weighted by Crippen LogP contribution is -2.44. The Labute approximate surface area is 229 Å². The van der Waals surface area contributed by atoms with Gasteiger partial charge in [0, 0.05) is 0 Å². The minimum Gasteiger partial charge on any atom is -0.822 e. The molecule has 0 fully saturated rings. The molecule has 0 aromatic rings. The summed E-state index contributed by atoms with van der Waals surface area (Å²) in [7, 11) is 6.86. The van der Waals surface area contributed by atoms with Gasteiger partial charge in [-0.05, 0) is 41.5 Å². The number of hydrogen-bond acceptors (Lipinski definition) is 7. The Morgan fingerprint density at radius 2 is 0.711 bits per heavy atom. The number of nitrogens with zero attached hydrogens (tertiary/aromatic N) is 3. The Hall–Kier alpha value is -1.60. The van der Waals surface area contributed by atoms with Crippen molar-refractivity contribution in [3.05, 3.63) is 0 Å². The van der Waals surface area contributed by atoms with Crippen molar-refractivity contribution < 1.29 is 62.4 Å². The van der Waals surface area contributed by atoms with Crippen molar-refractivity contribution in [3.8, 4) is 0 Å². The highest BCUT2D eigenvalue weighted by molar-refractivity contribution is 7.40. The lowest BCUT2D eigenvalue weighted by atomic mass is 10.1. The molecule has 0 amide bonds. The molecule has 0 saturated heterocycles. The van der Waals surface area contributed by atoms with Crippen LogP contribution in [0.1, 0.15) is 41.5 Å². The Morgan fingerprint density at radius 3 is 0.789 bits per heavy atom. The third-order valence-electron chi connectivity index (χ3n) is 6.14. The van der Waals surface area contributed by atoms with E-state index in [1.165, 1.54) is 0 Å². The van der Waals surface area contributed by atoms with Crippen LogP contribution in [0.3, 0.4) is 0 Å². The Balaban J connectivity index is -0.000000209. The van der Waals surface area contributed by atoms with Gasteiger partial charge in [0.15, 0.2) is 0 Å². The van der Waals surface area contributed by atoms with Crippen molar-refractivity contribution in [2.75, 3.05) is 81.6 Å². The summed E-state index contributed by atoms with van der Waals surface area (Å²) in [5.41, 5.74) is 0. The Morgan fingerprint density at radius 1 is 0.579 bits per heavy atom. The monoisotopic (exact) mass is 575 g/mol. The molecule has 0 radical (unpaired) electrons. The fourth-order valence-corrected chi connectivity index (χ4v) is 2.85. The quantitative estimate of drug-likeness (QED) is 0.203. The highest BCUT2D eigenvalue weighted by atomic mass is 31.2. The van der Waals surface area contributed by atoms with Gasteiger partial charge in [0.25, 0.3) is 0 Å². The van der Waals surface area contributed by atoms with E-state index in [1.54, 1.807) is 20.8 Å². The maximum atomic E-state index is 10.5. The molecule has 0 rings (SSSR count). The van der Waals surface area contributed by atoms with Gasteiger partial charge in [0.1, 0.15) is 17.8 Å². The Bertz CT molecular complexity index is 650. The first kappa shape index (κ1) is 43.5. The van der Waals surface area contributed by atoms with Gasteiger partial charge in [-0.1, -0.05) is 0 Å². The molecule has 0 bridgehead atoms. The summed E-state index contributed by atoms with van der Waals surface area (Å²) in [4.78, 5) is 57.1. The zero-order chi connectivity index (χ0) is 31.7. The molecule has 3 unspecified atom stereocenters. The molecule has 0 spiro atoms. The van der Waals surface area contributed by atoms with Crippen LogP contribution < -0.4 is 14.7 Å². The minimum atomic E-state index is -5.39. The van der Waals surface area contributed by atoms with Crippen molar-refractivity contribution in [1.29, 1.82) is 0 Å². The number of aliphatic carboxylic acids is 3. The Kier molecular flexibility index (Phi) is 22.2. The number of carboxylic acids is 3. The standard InChI is InChI=1S/3C8H17NO2.H3O4P/c3*1-5-9(3,4)6-7(2)8(10)11;1-5(2,3)4/h3*7H,5-6H2,1-4H3;(H3,1,2,3,4). The predicted octanol–water partition coefficient (Wildman–Crippen LogP) is -0.414. The molecular formula is C24H54N3O10P. The molecule has 0 aliphatic rings. The van der Waals surface area contributed by atoms with Gasteiger partial charge in [-0.15, -0.1) is 0 Å². The van der Waals surface area contributed by atoms with Crippen molar-refractivity contribution in [1.82, 2.24) is 0 Å². The van der Waals surface area contributed by atoms with Crippen molar-refractivity contribution >= 4 is 25.7 Å². The van der Waals surface area contributed by atoms with Gasteiger partial charge < -0.3 is 48.0 Å². The number of hydrogen-bond donors (Lipinski definition) is 3. The van der Waals surface area contributed by atoms with Crippen LogP contribution in [0.5, 0.6) is 0 Å². The van der Waals surface area contributed by atoms with E-state index in [9.17, 15) is 14.4 Å². The first-order valence-electron chi connectivity index (χ1n) is 12.5. The molecule has 0 saturated carbocycles. The molecule has 230 valence electrons. The van der Waals surface area contributed by atoms with E-state index >= 15 is 0 Å². The van der Waals surface area contributed by atoms with Crippen LogP contribution in [0, 0.1) is 17.8 Å². The topological polar surface area (TPSA) is 198 Å². The average molecular weight is 576 g/mol. The van der Waals surface area contributed by atoms with E-state index < -0.39 is 25.7 Å². The normalized spacial score (nSPS) is 14.2. The molecular weight excluding hydrogens is 521 g/mol. The van der Waals surface area contributed by atoms with Gasteiger partial charge >= 0.3 is 17.9 Å². The molecule has 3 atom stereocenters. The molecule has 0 aliphatic carbocycles. The summed E-state index contributed by atoms with van der Waals surface area (Å²) in [6.45, 7) is 16.4. The summed E-state index contributed by atoms with van der Waals surface area (Å²) in [5.74, 6) is -2.85. The van der Waals surface area contributed by atoms with E-state index in [1.807, 2.05) is 42.3 Å². The zero-order valence-corrected chi connectivity index (χ0v) is 26.4. The fraction of sp³-hybridized carbons (Fsp3) is 0.875. The van der Waals surface area contributed by atoms with E-state index in [2.05, 4.69) is 20.8 Å². The first-order valence-corrected chi connectivity index (χ1v) is 14.0. The summed E-state index contributed by atoms with van der Waals surface area (Å²) in [5, 5.41) is 25.9. The van der Waals surface area contributed by atoms with Crippen LogP contribution >= 0.6 is 7.82 Å². The molecule has 0 aliphatic heterocycles. The van der Waals surface area contributed by atoms with Gasteiger partial charge in [0.2, 0.25) is 0 Å². The lowest BCUT2D eigenvalue weighted by molar-refractivity contribution is -0.890. The summed E-state index contributed by atoms with van der Waals surface area (Å²) < 4.78 is 10.9. The molecule has 38 heavy (non-hydrogen) atoms. The number of quaternary nitrogens is 3. The molecule has 3 N–H and O–H groups in total. The van der Waals surface area contributed by atoms with Crippen LogP contribution in [-0.4, -0.2) is 128 Å². The number of rotatable bonds is 12. The van der Waals surface area contributed by atoms with E-state index in [0.717, 1.165) is 33.1 Å². The second-order valence-corrected chi connectivity index (χ2v) is 12.4. The molecule has 0 heterocycles. The SMILES string of the molecule is CC[N+](C)(C)CC(C)C(=O)O.CC[N+](C)(C)CC(C)C(=O)O.CC[N+](C)(C)CC(C)C(=O)O.O=P([O-])([O-])[O-]. The highest BCUT2D eigenvalue weighted by Crippen LogP contribution is 2.06. The first-order chi connectivity index (χ1) is 16.7. The smallest absolute Gasteiger partial charge is 0.311 e. The van der Waals surface area contributed by atoms with Crippen molar-refractivity contribution in [3.63, 3.8) is 0 Å². The van der Waals surface area contributed by atoms with Crippen molar-refractivity contribution in [2.45, 2.75) is 41.5 Å². The number of carboxylic acid groups (broad SMARTS) is 3. The van der Waals surface area contributed by atoms with Crippen molar-refractivity contribution in [2.24, 2.45) is 17.8 Å². The molecule has 0 aromatic carbocycles. The summed E-state index contributed by atoms with van der Waals surface area (Å²) in [6.07, 6.45) is 0. The fourth-order valence-electron chi connectivity index (χ4n) is 2.85. The van der Waals surface area contributed by atoms with E-state index in [4.69, 9.17) is 34.6 Å². The number of phosphoric acid groups is 1. The molecule has 13 nitrogen and oxygen atoms in total. The largest absolute Gasteiger partial charge is 0.822 e. The van der Waals surface area contributed by atoms with Crippen LogP contribution in [0.25, 0.3) is 0 Å². The summed E-state index contributed by atoms with van der Waals surface area (Å²) in [6, 6.07) is 0. The van der Waals surface area contributed by atoms with E-state index in [-0.39, 0.29) is 17.8 Å². The zero-order valence-electron chi connectivity index (χ0n) is 25.5. The van der Waals surface area contributed by atoms with Gasteiger partial charge in [-0.3, -0.25) is 14.4 Å². The lowest BCUT2D eigenvalue weighted by Gasteiger charge is -2.36. The van der Waals surface area contributed by atoms with Gasteiger partial charge in [-0.2, -0.15) is 7.82 Å². The molecule has 0 aromatic heterocycles. The average Bonchev–Trinajstić information content (AvgIpc) is 2.72. The third kappa shape index (κ3) is 32.4. The van der Waals surface area contributed by atoms with Crippen LogP contribution in [0.15, 0.2) is 0 Å². The maximum Gasteiger partial charge on any atom is 0.311 e. The van der Waals surface area contributed by atoms with Crippen LogP contribution in [0.4, 0.5) is 0 Å². The third-order valence-corrected chi connectivity index (χ3v) is 6.14. The number of carbonyl (C=O) groups is 3. The highest BCUT2D eigenvalue weighted by Gasteiger charge is 2.23. The van der Waals surface area contributed by atoms with Gasteiger partial charge in [0.05, 0.1) is 81.6 Å². The second kappa shape index (κ2) is 19.5. The summed E-state index contributed by atoms with van der Waals surface area (Å²) >= 11 is 0. The van der Waals surface area contributed by atoms with Crippen LogP contribution in [0.2, 0.25) is 0 Å². The maximum absolute atomic E-state index is 10.5. The van der Waals surface area contributed by atoms with Crippen LogP contribution in [-0.2, 0) is 18.9 Å². The second-order valence-electron chi connectivity index (χ2n) is 11.5. The van der Waals surface area contributed by atoms with Gasteiger partial charge in [-0.25, -0.2) is 0 Å². The van der Waals surface area contributed by atoms with E-state index in [0.29, 0.717) is 19.6 Å². The molecule has 14 heteroatoms. The minimum absolute atomic E-state index is 0.245. The predicted molar refractivity (Wildman–Crippen MR) is 141 cm³/mol.